The molecule has 0 spiro atoms. The molecule has 9 nitrogen and oxygen atoms in total. The zero-order valence-corrected chi connectivity index (χ0v) is 17.3. The van der Waals surface area contributed by atoms with Crippen LogP contribution >= 0.6 is 0 Å². The van der Waals surface area contributed by atoms with Crippen LogP contribution in [0.1, 0.15) is 0 Å². The van der Waals surface area contributed by atoms with Crippen LogP contribution in [0.25, 0.3) is 10.9 Å². The van der Waals surface area contributed by atoms with Gasteiger partial charge in [0.2, 0.25) is 17.8 Å². The van der Waals surface area contributed by atoms with E-state index in [1.165, 1.54) is 0 Å². The molecule has 0 unspecified atom stereocenters. The Morgan fingerprint density at radius 2 is 1.03 bits per heavy atom. The van der Waals surface area contributed by atoms with Crippen LogP contribution in [0.15, 0.2) is 85.1 Å². The summed E-state index contributed by atoms with van der Waals surface area (Å²) in [5.74, 6) is 1.24. The van der Waals surface area contributed by atoms with Gasteiger partial charge in [-0.05, 0) is 60.7 Å². The van der Waals surface area contributed by atoms with Gasteiger partial charge < -0.3 is 26.2 Å². The molecule has 5 rings (SSSR count). The molecule has 0 atom stereocenters. The van der Waals surface area contributed by atoms with Crippen LogP contribution in [0.4, 0.5) is 34.9 Å². The van der Waals surface area contributed by atoms with Crippen molar-refractivity contribution in [1.82, 2.24) is 19.9 Å². The Balaban J connectivity index is 1.47. The topological polar surface area (TPSA) is 128 Å². The summed E-state index contributed by atoms with van der Waals surface area (Å²) in [5, 5.41) is 29.4. The number of phenols is 2. The predicted molar refractivity (Wildman–Crippen MR) is 128 cm³/mol. The van der Waals surface area contributed by atoms with E-state index in [2.05, 4.69) is 35.9 Å². The fourth-order valence-electron chi connectivity index (χ4n) is 3.16. The monoisotopic (exact) mass is 437 g/mol. The SMILES string of the molecule is Oc1ccc(Nc2nc(Nc3ccc(O)cc3)nc(Nc3cnc4ccccc4c3)n2)cc1. The number of fused-ring (bicyclic) bond motifs is 1. The Bertz CT molecular complexity index is 1340. The summed E-state index contributed by atoms with van der Waals surface area (Å²) in [6.45, 7) is 0. The van der Waals surface area contributed by atoms with Crippen LogP contribution in [0.5, 0.6) is 11.5 Å². The Morgan fingerprint density at radius 3 is 1.58 bits per heavy atom. The predicted octanol–water partition coefficient (Wildman–Crippen LogP) is 5.06. The molecule has 0 saturated heterocycles. The third-order valence-electron chi connectivity index (χ3n) is 4.73. The van der Waals surface area contributed by atoms with Gasteiger partial charge in [0.05, 0.1) is 17.4 Å². The highest BCUT2D eigenvalue weighted by molar-refractivity contribution is 5.82. The van der Waals surface area contributed by atoms with Gasteiger partial charge in [-0.2, -0.15) is 15.0 Å². The maximum Gasteiger partial charge on any atom is 0.233 e. The third kappa shape index (κ3) is 4.88. The summed E-state index contributed by atoms with van der Waals surface area (Å²) in [7, 11) is 0. The lowest BCUT2D eigenvalue weighted by atomic mass is 10.2. The zero-order chi connectivity index (χ0) is 22.6. The van der Waals surface area contributed by atoms with Crippen molar-refractivity contribution >= 4 is 45.8 Å². The van der Waals surface area contributed by atoms with Crippen LogP contribution in [0.3, 0.4) is 0 Å². The van der Waals surface area contributed by atoms with Gasteiger partial charge in [0.1, 0.15) is 11.5 Å². The van der Waals surface area contributed by atoms with E-state index >= 15 is 0 Å². The van der Waals surface area contributed by atoms with Crippen LogP contribution in [0.2, 0.25) is 0 Å². The first-order chi connectivity index (χ1) is 16.1. The molecule has 0 saturated carbocycles. The normalized spacial score (nSPS) is 10.7. The smallest absolute Gasteiger partial charge is 0.233 e. The van der Waals surface area contributed by atoms with Crippen molar-refractivity contribution in [3.8, 4) is 11.5 Å². The minimum absolute atomic E-state index is 0.164. The quantitative estimate of drug-likeness (QED) is 0.231. The second kappa shape index (κ2) is 8.67. The van der Waals surface area contributed by atoms with Crippen molar-refractivity contribution in [2.75, 3.05) is 16.0 Å². The lowest BCUT2D eigenvalue weighted by molar-refractivity contribution is 0.475. The number of nitrogens with zero attached hydrogens (tertiary/aromatic N) is 4. The molecule has 162 valence electrons. The van der Waals surface area contributed by atoms with Gasteiger partial charge in [0, 0.05) is 16.8 Å². The second-order valence-corrected chi connectivity index (χ2v) is 7.19. The lowest BCUT2D eigenvalue weighted by Crippen LogP contribution is -2.07. The number of aromatic hydroxyl groups is 2. The fraction of sp³-hybridized carbons (Fsp3) is 0. The number of rotatable bonds is 6. The molecule has 0 bridgehead atoms. The Kier molecular flexibility index (Phi) is 5.26. The number of hydrogen-bond acceptors (Lipinski definition) is 9. The molecule has 0 amide bonds. The first-order valence-electron chi connectivity index (χ1n) is 10.1. The van der Waals surface area contributed by atoms with Crippen molar-refractivity contribution < 1.29 is 10.2 Å². The van der Waals surface area contributed by atoms with Crippen molar-refractivity contribution in [2.45, 2.75) is 0 Å². The molecule has 5 N–H and O–H groups in total. The molecule has 3 aromatic carbocycles. The summed E-state index contributed by atoms with van der Waals surface area (Å²) >= 11 is 0. The first-order valence-corrected chi connectivity index (χ1v) is 10.1. The minimum atomic E-state index is 0.164. The molecule has 2 aromatic heterocycles. The second-order valence-electron chi connectivity index (χ2n) is 7.19. The minimum Gasteiger partial charge on any atom is -0.508 e. The van der Waals surface area contributed by atoms with Crippen LogP contribution in [-0.4, -0.2) is 30.1 Å². The van der Waals surface area contributed by atoms with Gasteiger partial charge in [-0.25, -0.2) is 0 Å². The molecule has 0 fully saturated rings. The number of phenolic OH excluding ortho intramolecular Hbond substituents is 2. The van der Waals surface area contributed by atoms with Crippen molar-refractivity contribution in [3.63, 3.8) is 0 Å². The van der Waals surface area contributed by atoms with Crippen molar-refractivity contribution in [3.05, 3.63) is 85.1 Å². The van der Waals surface area contributed by atoms with Crippen molar-refractivity contribution in [2.24, 2.45) is 0 Å². The zero-order valence-electron chi connectivity index (χ0n) is 17.3. The lowest BCUT2D eigenvalue weighted by Gasteiger charge is -2.12. The summed E-state index contributed by atoms with van der Waals surface area (Å²) in [4.78, 5) is 17.8. The fourth-order valence-corrected chi connectivity index (χ4v) is 3.16. The Hall–Kier alpha value is -4.92. The van der Waals surface area contributed by atoms with Crippen LogP contribution in [-0.2, 0) is 0 Å². The van der Waals surface area contributed by atoms with Gasteiger partial charge in [-0.1, -0.05) is 18.2 Å². The van der Waals surface area contributed by atoms with Gasteiger partial charge in [-0.3, -0.25) is 4.98 Å². The number of pyridine rings is 1. The largest absolute Gasteiger partial charge is 0.508 e. The van der Waals surface area contributed by atoms with Gasteiger partial charge >= 0.3 is 0 Å². The number of benzene rings is 3. The van der Waals surface area contributed by atoms with E-state index in [1.54, 1.807) is 54.7 Å². The highest BCUT2D eigenvalue weighted by Gasteiger charge is 2.09. The summed E-state index contributed by atoms with van der Waals surface area (Å²) in [5.41, 5.74) is 3.02. The molecule has 5 aromatic rings. The maximum atomic E-state index is 9.52. The average molecular weight is 437 g/mol. The molecule has 2 heterocycles. The third-order valence-corrected chi connectivity index (χ3v) is 4.73. The van der Waals surface area contributed by atoms with E-state index in [-0.39, 0.29) is 11.5 Å². The van der Waals surface area contributed by atoms with Gasteiger partial charge in [0.25, 0.3) is 0 Å². The highest BCUT2D eigenvalue weighted by atomic mass is 16.3. The highest BCUT2D eigenvalue weighted by Crippen LogP contribution is 2.24. The van der Waals surface area contributed by atoms with E-state index in [0.29, 0.717) is 29.2 Å². The van der Waals surface area contributed by atoms with Crippen LogP contribution in [0, 0.1) is 0 Å². The van der Waals surface area contributed by atoms with E-state index in [4.69, 9.17) is 0 Å². The number of hydrogen-bond donors (Lipinski definition) is 5. The van der Waals surface area contributed by atoms with E-state index in [0.717, 1.165) is 16.6 Å². The summed E-state index contributed by atoms with van der Waals surface area (Å²) in [6, 6.07) is 22.9. The average Bonchev–Trinajstić information content (AvgIpc) is 2.82. The molecular weight excluding hydrogens is 418 g/mol. The van der Waals surface area contributed by atoms with Gasteiger partial charge in [0.15, 0.2) is 0 Å². The van der Waals surface area contributed by atoms with Gasteiger partial charge in [-0.15, -0.1) is 0 Å². The molecule has 9 heteroatoms. The summed E-state index contributed by atoms with van der Waals surface area (Å²) in [6.07, 6.45) is 1.71. The molecule has 0 radical (unpaired) electrons. The number of anilines is 6. The van der Waals surface area contributed by atoms with Crippen LogP contribution < -0.4 is 16.0 Å². The first kappa shape index (κ1) is 20.0. The maximum absolute atomic E-state index is 9.52. The number of nitrogens with one attached hydrogen (secondary N) is 3. The number of aromatic nitrogens is 4. The molecule has 0 aliphatic carbocycles. The Labute approximate surface area is 188 Å². The van der Waals surface area contributed by atoms with E-state index in [9.17, 15) is 10.2 Å². The molecule has 0 aliphatic rings. The Morgan fingerprint density at radius 1 is 0.545 bits per heavy atom. The molecule has 0 aliphatic heterocycles. The molecule has 33 heavy (non-hydrogen) atoms. The van der Waals surface area contributed by atoms with E-state index < -0.39 is 0 Å². The van der Waals surface area contributed by atoms with Crippen molar-refractivity contribution in [1.29, 1.82) is 0 Å². The summed E-state index contributed by atoms with van der Waals surface area (Å²) < 4.78 is 0. The number of para-hydroxylation sites is 1. The molecular formula is C24H19N7O2. The standard InChI is InChI=1S/C24H19N7O2/c32-19-9-5-16(6-10-19)26-22-29-23(27-17-7-11-20(33)12-8-17)31-24(30-22)28-18-13-15-3-1-2-4-21(15)25-14-18/h1-14,32-33H,(H3,26,27,28,29,30,31). The van der Waals surface area contributed by atoms with E-state index in [1.807, 2.05) is 30.3 Å².